The number of pyridine rings is 2. The number of aryl methyl sites for hydroxylation is 1. The van der Waals surface area contributed by atoms with Crippen LogP contribution in [0, 0.1) is 6.92 Å². The molecule has 0 amide bonds. The minimum atomic E-state index is 0.594. The first-order valence-corrected chi connectivity index (χ1v) is 6.04. The first-order valence-electron chi connectivity index (χ1n) is 6.04. The Morgan fingerprint density at radius 3 is 2.83 bits per heavy atom. The average Bonchev–Trinajstić information content (AvgIpc) is 2.40. The number of nitrogens with zero attached hydrogens (tertiary/aromatic N) is 2. The second-order valence-electron chi connectivity index (χ2n) is 4.02. The quantitative estimate of drug-likeness (QED) is 0.877. The van der Waals surface area contributed by atoms with Crippen molar-refractivity contribution in [1.29, 1.82) is 0 Å². The lowest BCUT2D eigenvalue weighted by molar-refractivity contribution is 0.459. The van der Waals surface area contributed by atoms with Gasteiger partial charge in [0.05, 0.1) is 6.20 Å². The lowest BCUT2D eigenvalue weighted by Gasteiger charge is -2.06. The van der Waals surface area contributed by atoms with Crippen LogP contribution >= 0.6 is 0 Å². The summed E-state index contributed by atoms with van der Waals surface area (Å²) in [6, 6.07) is 7.71. The Kier molecular flexibility index (Phi) is 4.25. The normalized spacial score (nSPS) is 10.3. The molecule has 0 aliphatic rings. The largest absolute Gasteiger partial charge is 0.437 e. The van der Waals surface area contributed by atoms with E-state index in [1.165, 1.54) is 0 Å². The zero-order chi connectivity index (χ0) is 12.8. The Morgan fingerprint density at radius 1 is 1.22 bits per heavy atom. The second kappa shape index (κ2) is 6.12. The topological polar surface area (TPSA) is 47.0 Å². The van der Waals surface area contributed by atoms with Crippen LogP contribution in [0.25, 0.3) is 0 Å². The van der Waals surface area contributed by atoms with E-state index in [-0.39, 0.29) is 0 Å². The number of hydrogen-bond donors (Lipinski definition) is 1. The van der Waals surface area contributed by atoms with Crippen molar-refractivity contribution in [3.8, 4) is 11.6 Å². The van der Waals surface area contributed by atoms with Crippen LogP contribution in [0.4, 0.5) is 0 Å². The Bertz CT molecular complexity index is 497. The smallest absolute Gasteiger partial charge is 0.219 e. The molecule has 0 fully saturated rings. The maximum Gasteiger partial charge on any atom is 0.219 e. The van der Waals surface area contributed by atoms with Gasteiger partial charge >= 0.3 is 0 Å². The van der Waals surface area contributed by atoms with Crippen molar-refractivity contribution in [3.63, 3.8) is 0 Å². The van der Waals surface area contributed by atoms with Crippen molar-refractivity contribution in [2.24, 2.45) is 0 Å². The SMILES string of the molecule is CCNCc1ccnc(Oc2ccc(C)nc2)c1. The van der Waals surface area contributed by atoms with Crippen molar-refractivity contribution in [2.75, 3.05) is 6.54 Å². The predicted octanol–water partition coefficient (Wildman–Crippen LogP) is 2.69. The molecule has 94 valence electrons. The van der Waals surface area contributed by atoms with Gasteiger partial charge in [0.1, 0.15) is 5.75 Å². The summed E-state index contributed by atoms with van der Waals surface area (Å²) in [5.74, 6) is 1.30. The summed E-state index contributed by atoms with van der Waals surface area (Å²) in [6.45, 7) is 5.79. The van der Waals surface area contributed by atoms with Crippen molar-refractivity contribution >= 4 is 0 Å². The minimum absolute atomic E-state index is 0.594. The molecule has 0 radical (unpaired) electrons. The Labute approximate surface area is 107 Å². The van der Waals surface area contributed by atoms with Gasteiger partial charge in [-0.05, 0) is 37.2 Å². The molecular weight excluding hydrogens is 226 g/mol. The molecule has 0 bridgehead atoms. The fourth-order valence-corrected chi connectivity index (χ4v) is 1.52. The van der Waals surface area contributed by atoms with Crippen molar-refractivity contribution in [2.45, 2.75) is 20.4 Å². The van der Waals surface area contributed by atoms with E-state index in [0.717, 1.165) is 24.3 Å². The zero-order valence-corrected chi connectivity index (χ0v) is 10.7. The minimum Gasteiger partial charge on any atom is -0.437 e. The molecule has 0 unspecified atom stereocenters. The lowest BCUT2D eigenvalue weighted by Crippen LogP contribution is -2.11. The molecule has 4 nitrogen and oxygen atoms in total. The van der Waals surface area contributed by atoms with Crippen LogP contribution in [0.3, 0.4) is 0 Å². The van der Waals surface area contributed by atoms with E-state index in [1.807, 2.05) is 31.2 Å². The fourth-order valence-electron chi connectivity index (χ4n) is 1.52. The van der Waals surface area contributed by atoms with E-state index in [0.29, 0.717) is 11.6 Å². The van der Waals surface area contributed by atoms with Gasteiger partial charge in [0.2, 0.25) is 5.88 Å². The van der Waals surface area contributed by atoms with E-state index >= 15 is 0 Å². The predicted molar refractivity (Wildman–Crippen MR) is 70.7 cm³/mol. The highest BCUT2D eigenvalue weighted by Crippen LogP contribution is 2.19. The number of aromatic nitrogens is 2. The van der Waals surface area contributed by atoms with Gasteiger partial charge in [0.25, 0.3) is 0 Å². The molecule has 2 heterocycles. The number of rotatable bonds is 5. The van der Waals surface area contributed by atoms with Gasteiger partial charge in [-0.15, -0.1) is 0 Å². The maximum absolute atomic E-state index is 5.65. The molecule has 4 heteroatoms. The second-order valence-corrected chi connectivity index (χ2v) is 4.02. The average molecular weight is 243 g/mol. The lowest BCUT2D eigenvalue weighted by atomic mass is 10.2. The summed E-state index contributed by atoms with van der Waals surface area (Å²) in [5.41, 5.74) is 2.12. The summed E-state index contributed by atoms with van der Waals surface area (Å²) >= 11 is 0. The summed E-state index contributed by atoms with van der Waals surface area (Å²) in [5, 5.41) is 3.27. The van der Waals surface area contributed by atoms with Crippen molar-refractivity contribution in [3.05, 3.63) is 47.9 Å². The molecule has 1 N–H and O–H groups in total. The summed E-state index contributed by atoms with van der Waals surface area (Å²) < 4.78 is 5.65. The molecule has 2 aromatic heterocycles. The molecule has 0 saturated heterocycles. The molecule has 0 spiro atoms. The van der Waals surface area contributed by atoms with Crippen LogP contribution in [-0.2, 0) is 6.54 Å². The van der Waals surface area contributed by atoms with Crippen LogP contribution in [0.15, 0.2) is 36.7 Å². The van der Waals surface area contributed by atoms with Crippen molar-refractivity contribution < 1.29 is 4.74 Å². The van der Waals surface area contributed by atoms with Crippen LogP contribution in [0.5, 0.6) is 11.6 Å². The Morgan fingerprint density at radius 2 is 2.11 bits per heavy atom. The zero-order valence-electron chi connectivity index (χ0n) is 10.7. The van der Waals surface area contributed by atoms with Crippen LogP contribution in [0.2, 0.25) is 0 Å². The molecule has 0 saturated carbocycles. The highest BCUT2D eigenvalue weighted by Gasteiger charge is 2.00. The molecular formula is C14H17N3O. The van der Waals surface area contributed by atoms with Crippen LogP contribution in [-0.4, -0.2) is 16.5 Å². The van der Waals surface area contributed by atoms with Crippen LogP contribution < -0.4 is 10.1 Å². The standard InChI is InChI=1S/C14H17N3O/c1-3-15-9-12-6-7-16-14(8-12)18-13-5-4-11(2)17-10-13/h4-8,10,15H,3,9H2,1-2H3. The summed E-state index contributed by atoms with van der Waals surface area (Å²) in [7, 11) is 0. The van der Waals surface area contributed by atoms with Gasteiger partial charge in [-0.1, -0.05) is 6.92 Å². The fraction of sp³-hybridized carbons (Fsp3) is 0.286. The molecule has 0 atom stereocenters. The summed E-state index contributed by atoms with van der Waals surface area (Å²) in [4.78, 5) is 8.37. The molecule has 0 aromatic carbocycles. The Hall–Kier alpha value is -1.94. The first kappa shape index (κ1) is 12.5. The number of hydrogen-bond acceptors (Lipinski definition) is 4. The third-order valence-corrected chi connectivity index (χ3v) is 2.49. The number of nitrogens with one attached hydrogen (secondary N) is 1. The van der Waals surface area contributed by atoms with Gasteiger partial charge in [-0.3, -0.25) is 4.98 Å². The van der Waals surface area contributed by atoms with E-state index in [1.54, 1.807) is 12.4 Å². The van der Waals surface area contributed by atoms with Gasteiger partial charge in [-0.2, -0.15) is 0 Å². The Balaban J connectivity index is 2.06. The third-order valence-electron chi connectivity index (χ3n) is 2.49. The highest BCUT2D eigenvalue weighted by atomic mass is 16.5. The molecule has 2 aromatic rings. The van der Waals surface area contributed by atoms with E-state index in [2.05, 4.69) is 22.2 Å². The van der Waals surface area contributed by atoms with Crippen molar-refractivity contribution in [1.82, 2.24) is 15.3 Å². The maximum atomic E-state index is 5.65. The van der Waals surface area contributed by atoms with E-state index in [9.17, 15) is 0 Å². The van der Waals surface area contributed by atoms with Gasteiger partial charge in [-0.25, -0.2) is 4.98 Å². The molecule has 0 aliphatic carbocycles. The number of ether oxygens (including phenoxy) is 1. The van der Waals surface area contributed by atoms with Gasteiger partial charge in [0.15, 0.2) is 0 Å². The third kappa shape index (κ3) is 3.53. The summed E-state index contributed by atoms with van der Waals surface area (Å²) in [6.07, 6.45) is 3.46. The van der Waals surface area contributed by atoms with Gasteiger partial charge < -0.3 is 10.1 Å². The molecule has 18 heavy (non-hydrogen) atoms. The van der Waals surface area contributed by atoms with Gasteiger partial charge in [0, 0.05) is 24.5 Å². The van der Waals surface area contributed by atoms with E-state index < -0.39 is 0 Å². The molecule has 2 rings (SSSR count). The first-order chi connectivity index (χ1) is 8.78. The monoisotopic (exact) mass is 243 g/mol. The van der Waals surface area contributed by atoms with Crippen LogP contribution in [0.1, 0.15) is 18.2 Å². The molecule has 0 aliphatic heterocycles. The van der Waals surface area contributed by atoms with E-state index in [4.69, 9.17) is 4.74 Å². The highest BCUT2D eigenvalue weighted by molar-refractivity contribution is 5.27.